The van der Waals surface area contributed by atoms with Crippen LogP contribution < -0.4 is 10.5 Å². The fraction of sp³-hybridized carbons (Fsp3) is 0.647. The number of ether oxygens (including phenoxy) is 2. The Morgan fingerprint density at radius 1 is 1.35 bits per heavy atom. The maximum atomic E-state index is 12.0. The number of carbonyl (C=O) groups is 1. The summed E-state index contributed by atoms with van der Waals surface area (Å²) in [5, 5.41) is 0. The first-order chi connectivity index (χ1) is 10.8. The number of rotatable bonds is 4. The molecular formula is C17H27N3O3. The third-order valence-corrected chi connectivity index (χ3v) is 3.79. The van der Waals surface area contributed by atoms with E-state index in [2.05, 4.69) is 4.98 Å². The smallest absolute Gasteiger partial charge is 0.410 e. The van der Waals surface area contributed by atoms with Gasteiger partial charge in [-0.3, -0.25) is 0 Å². The van der Waals surface area contributed by atoms with Gasteiger partial charge in [-0.1, -0.05) is 6.07 Å². The molecule has 6 heteroatoms. The van der Waals surface area contributed by atoms with Crippen LogP contribution in [0.2, 0.25) is 0 Å². The number of aromatic nitrogens is 1. The Morgan fingerprint density at radius 3 is 2.65 bits per heavy atom. The molecule has 1 aromatic rings. The van der Waals surface area contributed by atoms with Crippen LogP contribution in [0.4, 0.5) is 10.6 Å². The van der Waals surface area contributed by atoms with Crippen LogP contribution in [-0.4, -0.2) is 41.3 Å². The molecule has 1 aliphatic heterocycles. The van der Waals surface area contributed by atoms with Crippen LogP contribution in [0.1, 0.15) is 40.0 Å². The molecule has 0 spiro atoms. The van der Waals surface area contributed by atoms with Crippen LogP contribution in [-0.2, 0) is 4.74 Å². The van der Waals surface area contributed by atoms with Gasteiger partial charge in [0.05, 0.1) is 6.61 Å². The van der Waals surface area contributed by atoms with E-state index in [1.807, 2.05) is 32.9 Å². The SMILES string of the molecule is CC(C)(C)OC(=O)N1CCC(CCOc2cccc(N)n2)CC1. The average molecular weight is 321 g/mol. The monoisotopic (exact) mass is 321 g/mol. The predicted molar refractivity (Wildman–Crippen MR) is 89.3 cm³/mol. The van der Waals surface area contributed by atoms with Crippen molar-refractivity contribution in [2.24, 2.45) is 5.92 Å². The number of amides is 1. The van der Waals surface area contributed by atoms with Crippen LogP contribution in [0, 0.1) is 5.92 Å². The summed E-state index contributed by atoms with van der Waals surface area (Å²) in [6.07, 6.45) is 2.70. The highest BCUT2D eigenvalue weighted by Gasteiger charge is 2.26. The molecule has 6 nitrogen and oxygen atoms in total. The molecule has 2 rings (SSSR count). The van der Waals surface area contributed by atoms with E-state index in [0.29, 0.717) is 24.2 Å². The highest BCUT2D eigenvalue weighted by atomic mass is 16.6. The van der Waals surface area contributed by atoms with Gasteiger partial charge in [-0.05, 0) is 52.0 Å². The van der Waals surface area contributed by atoms with Crippen molar-refractivity contribution in [2.75, 3.05) is 25.4 Å². The summed E-state index contributed by atoms with van der Waals surface area (Å²) in [6, 6.07) is 5.37. The second-order valence-corrected chi connectivity index (χ2v) is 6.95. The molecule has 1 fully saturated rings. The maximum Gasteiger partial charge on any atom is 0.410 e. The standard InChI is InChI=1S/C17H27N3O3/c1-17(2,3)23-16(21)20-10-7-13(8-11-20)9-12-22-15-6-4-5-14(18)19-15/h4-6,13H,7-12H2,1-3H3,(H2,18,19). The van der Waals surface area contributed by atoms with Gasteiger partial charge in [-0.25, -0.2) is 4.79 Å². The van der Waals surface area contributed by atoms with E-state index in [9.17, 15) is 4.79 Å². The van der Waals surface area contributed by atoms with Crippen molar-refractivity contribution in [3.8, 4) is 5.88 Å². The molecule has 1 saturated heterocycles. The zero-order chi connectivity index (χ0) is 16.9. The molecule has 0 unspecified atom stereocenters. The molecular weight excluding hydrogens is 294 g/mol. The molecule has 0 bridgehead atoms. The van der Waals surface area contributed by atoms with Crippen molar-refractivity contribution < 1.29 is 14.3 Å². The number of hydrogen-bond donors (Lipinski definition) is 1. The van der Waals surface area contributed by atoms with E-state index in [1.165, 1.54) is 0 Å². The lowest BCUT2D eigenvalue weighted by atomic mass is 9.94. The Morgan fingerprint density at radius 2 is 2.04 bits per heavy atom. The zero-order valence-electron chi connectivity index (χ0n) is 14.2. The third kappa shape index (κ3) is 5.96. The summed E-state index contributed by atoms with van der Waals surface area (Å²) in [6.45, 7) is 7.78. The minimum Gasteiger partial charge on any atom is -0.478 e. The van der Waals surface area contributed by atoms with Gasteiger partial charge in [0.15, 0.2) is 0 Å². The number of nitrogens with two attached hydrogens (primary N) is 1. The Labute approximate surface area is 138 Å². The quantitative estimate of drug-likeness (QED) is 0.922. The van der Waals surface area contributed by atoms with Crippen LogP contribution in [0.3, 0.4) is 0 Å². The highest BCUT2D eigenvalue weighted by molar-refractivity contribution is 5.68. The molecule has 0 aromatic carbocycles. The van der Waals surface area contributed by atoms with E-state index in [-0.39, 0.29) is 6.09 Å². The lowest BCUT2D eigenvalue weighted by Gasteiger charge is -2.33. The minimum atomic E-state index is -0.438. The number of pyridine rings is 1. The number of hydrogen-bond acceptors (Lipinski definition) is 5. The van der Waals surface area contributed by atoms with Crippen molar-refractivity contribution >= 4 is 11.9 Å². The number of likely N-dealkylation sites (tertiary alicyclic amines) is 1. The van der Waals surface area contributed by atoms with Gasteiger partial charge in [0.1, 0.15) is 11.4 Å². The zero-order valence-corrected chi connectivity index (χ0v) is 14.2. The van der Waals surface area contributed by atoms with Gasteiger partial charge >= 0.3 is 6.09 Å². The Bertz CT molecular complexity index is 520. The van der Waals surface area contributed by atoms with Crippen molar-refractivity contribution in [3.05, 3.63) is 18.2 Å². The van der Waals surface area contributed by atoms with Gasteiger partial charge in [0, 0.05) is 19.2 Å². The second kappa shape index (κ2) is 7.53. The fourth-order valence-corrected chi connectivity index (χ4v) is 2.57. The summed E-state index contributed by atoms with van der Waals surface area (Å²) >= 11 is 0. The first kappa shape index (κ1) is 17.4. The largest absolute Gasteiger partial charge is 0.478 e. The molecule has 1 amide bonds. The number of anilines is 1. The first-order valence-electron chi connectivity index (χ1n) is 8.17. The number of nitrogen functional groups attached to an aromatic ring is 1. The van der Waals surface area contributed by atoms with E-state index < -0.39 is 5.60 Å². The predicted octanol–water partition coefficient (Wildman–Crippen LogP) is 3.08. The first-order valence-corrected chi connectivity index (χ1v) is 8.17. The van der Waals surface area contributed by atoms with Crippen molar-refractivity contribution in [2.45, 2.75) is 45.6 Å². The molecule has 2 heterocycles. The summed E-state index contributed by atoms with van der Waals surface area (Å²) in [4.78, 5) is 17.9. The number of piperidine rings is 1. The van der Waals surface area contributed by atoms with E-state index >= 15 is 0 Å². The topological polar surface area (TPSA) is 77.7 Å². The van der Waals surface area contributed by atoms with Crippen LogP contribution in [0.15, 0.2) is 18.2 Å². The van der Waals surface area contributed by atoms with Gasteiger partial charge in [-0.15, -0.1) is 0 Å². The average Bonchev–Trinajstić information content (AvgIpc) is 2.46. The molecule has 128 valence electrons. The molecule has 1 aliphatic rings. The van der Waals surface area contributed by atoms with Crippen molar-refractivity contribution in [1.82, 2.24) is 9.88 Å². The van der Waals surface area contributed by atoms with Crippen LogP contribution >= 0.6 is 0 Å². The van der Waals surface area contributed by atoms with Crippen LogP contribution in [0.25, 0.3) is 0 Å². The fourth-order valence-electron chi connectivity index (χ4n) is 2.57. The molecule has 0 saturated carbocycles. The maximum absolute atomic E-state index is 12.0. The summed E-state index contributed by atoms with van der Waals surface area (Å²) in [5.74, 6) is 1.60. The van der Waals surface area contributed by atoms with E-state index in [0.717, 1.165) is 32.4 Å². The van der Waals surface area contributed by atoms with Crippen LogP contribution in [0.5, 0.6) is 5.88 Å². The van der Waals surface area contributed by atoms with Gasteiger partial charge < -0.3 is 20.1 Å². The van der Waals surface area contributed by atoms with Gasteiger partial charge in [0.25, 0.3) is 0 Å². The van der Waals surface area contributed by atoms with E-state index in [1.54, 1.807) is 11.0 Å². The lowest BCUT2D eigenvalue weighted by Crippen LogP contribution is -2.41. The summed E-state index contributed by atoms with van der Waals surface area (Å²) in [5.41, 5.74) is 5.18. The Kier molecular flexibility index (Phi) is 5.69. The normalized spacial score (nSPS) is 16.2. The Balaban J connectivity index is 1.68. The number of carbonyl (C=O) groups excluding carboxylic acids is 1. The number of nitrogens with zero attached hydrogens (tertiary/aromatic N) is 2. The summed E-state index contributed by atoms with van der Waals surface area (Å²) in [7, 11) is 0. The van der Waals surface area contributed by atoms with Gasteiger partial charge in [-0.2, -0.15) is 4.98 Å². The van der Waals surface area contributed by atoms with Crippen molar-refractivity contribution in [1.29, 1.82) is 0 Å². The molecule has 0 aliphatic carbocycles. The Hall–Kier alpha value is -1.98. The molecule has 0 atom stereocenters. The highest BCUT2D eigenvalue weighted by Crippen LogP contribution is 2.22. The molecule has 0 radical (unpaired) electrons. The second-order valence-electron chi connectivity index (χ2n) is 6.95. The van der Waals surface area contributed by atoms with E-state index in [4.69, 9.17) is 15.2 Å². The van der Waals surface area contributed by atoms with Crippen molar-refractivity contribution in [3.63, 3.8) is 0 Å². The molecule has 2 N–H and O–H groups in total. The minimum absolute atomic E-state index is 0.212. The lowest BCUT2D eigenvalue weighted by molar-refractivity contribution is 0.0177. The summed E-state index contributed by atoms with van der Waals surface area (Å²) < 4.78 is 11.0. The molecule has 1 aromatic heterocycles. The molecule has 23 heavy (non-hydrogen) atoms. The van der Waals surface area contributed by atoms with Gasteiger partial charge in [0.2, 0.25) is 5.88 Å². The third-order valence-electron chi connectivity index (χ3n) is 3.79.